The van der Waals surface area contributed by atoms with E-state index in [4.69, 9.17) is 14.6 Å². The Bertz CT molecular complexity index is 722. The van der Waals surface area contributed by atoms with Crippen molar-refractivity contribution in [3.63, 3.8) is 0 Å². The Morgan fingerprint density at radius 2 is 2.37 bits per heavy atom. The van der Waals surface area contributed by atoms with Gasteiger partial charge in [-0.1, -0.05) is 0 Å². The second kappa shape index (κ2) is 4.31. The number of Topliss-reactive ketones (excluding diaryl/α,β-unsaturated/α-hetero) is 1. The fraction of sp³-hybridized carbons (Fsp3) is 0.231. The number of carbonyl (C=O) groups is 1. The minimum Gasteiger partial charge on any atom is -0.469 e. The summed E-state index contributed by atoms with van der Waals surface area (Å²) in [7, 11) is 0. The van der Waals surface area contributed by atoms with Crippen LogP contribution < -0.4 is 5.73 Å². The predicted octanol–water partition coefficient (Wildman–Crippen LogP) is 2.46. The molecule has 6 nitrogen and oxygen atoms in total. The number of H-pyrrole nitrogens is 1. The summed E-state index contributed by atoms with van der Waals surface area (Å²) >= 11 is 0. The van der Waals surface area contributed by atoms with Gasteiger partial charge >= 0.3 is 0 Å². The molecular formula is C13H13N3O3. The van der Waals surface area contributed by atoms with Crippen molar-refractivity contribution >= 4 is 22.8 Å². The van der Waals surface area contributed by atoms with Crippen molar-refractivity contribution in [2.45, 2.75) is 19.8 Å². The van der Waals surface area contributed by atoms with Crippen LogP contribution in [0.4, 0.5) is 5.88 Å². The highest BCUT2D eigenvalue weighted by Crippen LogP contribution is 2.30. The highest BCUT2D eigenvalue weighted by molar-refractivity contribution is 6.11. The van der Waals surface area contributed by atoms with Gasteiger partial charge in [0.2, 0.25) is 11.6 Å². The van der Waals surface area contributed by atoms with Gasteiger partial charge in [0, 0.05) is 18.5 Å². The maximum atomic E-state index is 12.3. The van der Waals surface area contributed by atoms with Crippen molar-refractivity contribution in [3.8, 4) is 0 Å². The molecule has 0 aliphatic heterocycles. The quantitative estimate of drug-likeness (QED) is 0.701. The number of hydrogen-bond acceptors (Lipinski definition) is 5. The van der Waals surface area contributed by atoms with Crippen LogP contribution in [0.5, 0.6) is 0 Å². The van der Waals surface area contributed by atoms with E-state index in [0.29, 0.717) is 29.5 Å². The number of fused-ring (bicyclic) bond motifs is 1. The van der Waals surface area contributed by atoms with Crippen LogP contribution in [0.3, 0.4) is 0 Å². The molecule has 19 heavy (non-hydrogen) atoms. The van der Waals surface area contributed by atoms with Gasteiger partial charge in [0.05, 0.1) is 17.2 Å². The fourth-order valence-corrected chi connectivity index (χ4v) is 2.15. The molecule has 6 heteroatoms. The molecule has 3 heterocycles. The van der Waals surface area contributed by atoms with E-state index >= 15 is 0 Å². The van der Waals surface area contributed by atoms with Gasteiger partial charge in [-0.15, -0.1) is 5.10 Å². The maximum absolute atomic E-state index is 12.3. The molecule has 0 unspecified atom stereocenters. The first-order valence-electron chi connectivity index (χ1n) is 5.95. The summed E-state index contributed by atoms with van der Waals surface area (Å²) < 4.78 is 10.5. The average molecular weight is 259 g/mol. The Labute approximate surface area is 108 Å². The third-order valence-corrected chi connectivity index (χ3v) is 3.07. The molecule has 0 saturated carbocycles. The van der Waals surface area contributed by atoms with E-state index in [1.165, 1.54) is 0 Å². The molecule has 0 aliphatic rings. The zero-order valence-electron chi connectivity index (χ0n) is 10.4. The summed E-state index contributed by atoms with van der Waals surface area (Å²) in [5.41, 5.74) is 7.31. The van der Waals surface area contributed by atoms with Gasteiger partial charge in [0.25, 0.3) is 0 Å². The van der Waals surface area contributed by atoms with Gasteiger partial charge in [-0.05, 0) is 19.1 Å². The lowest BCUT2D eigenvalue weighted by Gasteiger charge is -1.99. The molecule has 3 N–H and O–H groups in total. The van der Waals surface area contributed by atoms with E-state index < -0.39 is 0 Å². The van der Waals surface area contributed by atoms with Crippen LogP contribution in [-0.4, -0.2) is 16.0 Å². The lowest BCUT2D eigenvalue weighted by molar-refractivity contribution is 0.0982. The molecule has 3 rings (SSSR count). The molecule has 0 atom stereocenters. The lowest BCUT2D eigenvalue weighted by Crippen LogP contribution is -2.03. The van der Waals surface area contributed by atoms with Gasteiger partial charge in [0.1, 0.15) is 5.76 Å². The van der Waals surface area contributed by atoms with Crippen molar-refractivity contribution in [1.82, 2.24) is 10.2 Å². The average Bonchev–Trinajstić information content (AvgIpc) is 3.06. The number of aromatic nitrogens is 2. The third-order valence-electron chi connectivity index (χ3n) is 3.07. The number of nitrogens with two attached hydrogens (primary N) is 1. The van der Waals surface area contributed by atoms with E-state index in [-0.39, 0.29) is 11.7 Å². The number of hydrogen-bond donors (Lipinski definition) is 2. The Morgan fingerprint density at radius 3 is 3.11 bits per heavy atom. The normalized spacial score (nSPS) is 11.2. The first-order valence-corrected chi connectivity index (χ1v) is 5.95. The van der Waals surface area contributed by atoms with Crippen LogP contribution in [-0.2, 0) is 6.42 Å². The van der Waals surface area contributed by atoms with Crippen LogP contribution in [0.15, 0.2) is 27.2 Å². The summed E-state index contributed by atoms with van der Waals surface area (Å²) in [6.45, 7) is 1.83. The third kappa shape index (κ3) is 1.91. The molecule has 0 saturated heterocycles. The van der Waals surface area contributed by atoms with Crippen molar-refractivity contribution in [2.24, 2.45) is 0 Å². The van der Waals surface area contributed by atoms with Gasteiger partial charge < -0.3 is 14.6 Å². The highest BCUT2D eigenvalue weighted by Gasteiger charge is 2.22. The summed E-state index contributed by atoms with van der Waals surface area (Å²) in [6, 6.07) is 3.63. The maximum Gasteiger partial charge on any atom is 0.248 e. The fourth-order valence-electron chi connectivity index (χ4n) is 2.15. The molecule has 0 radical (unpaired) electrons. The molecule has 98 valence electrons. The second-order valence-corrected chi connectivity index (χ2v) is 4.37. The number of rotatable bonds is 4. The number of aromatic amines is 1. The highest BCUT2D eigenvalue weighted by atomic mass is 16.4. The van der Waals surface area contributed by atoms with Crippen LogP contribution in [0, 0.1) is 6.92 Å². The molecule has 0 amide bonds. The number of anilines is 1. The van der Waals surface area contributed by atoms with E-state index in [1.54, 1.807) is 12.3 Å². The zero-order chi connectivity index (χ0) is 13.4. The molecule has 3 aromatic heterocycles. The SMILES string of the molecule is Cc1[nH]nc2oc(N)c(C(=O)CCc3ccco3)c12. The van der Waals surface area contributed by atoms with Crippen molar-refractivity contribution in [3.05, 3.63) is 35.4 Å². The number of carbonyl (C=O) groups excluding carboxylic acids is 1. The number of aryl methyl sites for hydroxylation is 2. The Balaban J connectivity index is 1.88. The summed E-state index contributed by atoms with van der Waals surface area (Å²) in [4.78, 5) is 12.3. The molecule has 3 aromatic rings. The molecule has 0 spiro atoms. The smallest absolute Gasteiger partial charge is 0.248 e. The monoisotopic (exact) mass is 259 g/mol. The first-order chi connectivity index (χ1) is 9.16. The van der Waals surface area contributed by atoms with Crippen molar-refractivity contribution in [1.29, 1.82) is 0 Å². The van der Waals surface area contributed by atoms with Gasteiger partial charge in [-0.2, -0.15) is 0 Å². The minimum atomic E-state index is -0.0721. The van der Waals surface area contributed by atoms with E-state index in [2.05, 4.69) is 10.2 Å². The number of nitrogens with zero attached hydrogens (tertiary/aromatic N) is 1. The largest absolute Gasteiger partial charge is 0.469 e. The van der Waals surface area contributed by atoms with Crippen molar-refractivity contribution < 1.29 is 13.6 Å². The Hall–Kier alpha value is -2.50. The predicted molar refractivity (Wildman–Crippen MR) is 68.9 cm³/mol. The molecule has 0 fully saturated rings. The topological polar surface area (TPSA) is 98.0 Å². The molecular weight excluding hydrogens is 246 g/mol. The lowest BCUT2D eigenvalue weighted by atomic mass is 10.0. The van der Waals surface area contributed by atoms with Crippen molar-refractivity contribution in [2.75, 3.05) is 5.73 Å². The van der Waals surface area contributed by atoms with Gasteiger partial charge in [0.15, 0.2) is 5.78 Å². The molecule has 0 aromatic carbocycles. The number of ketones is 1. The van der Waals surface area contributed by atoms with Crippen LogP contribution in [0.2, 0.25) is 0 Å². The van der Waals surface area contributed by atoms with E-state index in [0.717, 1.165) is 11.5 Å². The van der Waals surface area contributed by atoms with Crippen LogP contribution in [0.25, 0.3) is 11.1 Å². The molecule has 0 aliphatic carbocycles. The number of nitrogens with one attached hydrogen (secondary N) is 1. The minimum absolute atomic E-state index is 0.0721. The summed E-state index contributed by atoms with van der Waals surface area (Å²) in [6.07, 6.45) is 2.44. The van der Waals surface area contributed by atoms with Gasteiger partial charge in [-0.3, -0.25) is 9.89 Å². The Kier molecular flexibility index (Phi) is 2.63. The van der Waals surface area contributed by atoms with Crippen LogP contribution in [0.1, 0.15) is 28.2 Å². The van der Waals surface area contributed by atoms with Crippen LogP contribution >= 0.6 is 0 Å². The zero-order valence-corrected chi connectivity index (χ0v) is 10.4. The van der Waals surface area contributed by atoms with Gasteiger partial charge in [-0.25, -0.2) is 0 Å². The molecule has 0 bridgehead atoms. The standard InChI is InChI=1S/C13H13N3O3/c1-7-10-11(12(14)19-13(10)16-15-7)9(17)5-4-8-3-2-6-18-8/h2-3,6H,4-5,14H2,1H3,(H,15,16). The van der Waals surface area contributed by atoms with E-state index in [1.807, 2.05) is 13.0 Å². The Morgan fingerprint density at radius 1 is 1.53 bits per heavy atom. The second-order valence-electron chi connectivity index (χ2n) is 4.37. The first kappa shape index (κ1) is 11.6. The number of furan rings is 2. The summed E-state index contributed by atoms with van der Waals surface area (Å²) in [5, 5.41) is 7.40. The number of nitrogen functional groups attached to an aromatic ring is 1. The van der Waals surface area contributed by atoms with E-state index in [9.17, 15) is 4.79 Å². The summed E-state index contributed by atoms with van der Waals surface area (Å²) in [5.74, 6) is 0.826.